The van der Waals surface area contributed by atoms with Crippen LogP contribution in [0.1, 0.15) is 16.9 Å². The van der Waals surface area contributed by atoms with Gasteiger partial charge in [-0.1, -0.05) is 23.7 Å². The van der Waals surface area contributed by atoms with Gasteiger partial charge in [0.15, 0.2) is 0 Å². The number of nitrogens with one attached hydrogen (secondary N) is 1. The molecular weight excluding hydrogens is 517 g/mol. The van der Waals surface area contributed by atoms with E-state index in [-0.39, 0.29) is 36.9 Å². The number of carbonyl (C=O) groups is 2. The maximum atomic E-state index is 13.4. The maximum absolute atomic E-state index is 13.4. The fourth-order valence-electron chi connectivity index (χ4n) is 4.29. The van der Waals surface area contributed by atoms with E-state index in [9.17, 15) is 22.4 Å². The number of carbonyl (C=O) groups excluding carboxylic acids is 2. The van der Waals surface area contributed by atoms with Crippen LogP contribution < -0.4 is 4.72 Å². The van der Waals surface area contributed by atoms with E-state index in [1.54, 1.807) is 29.2 Å². The molecule has 1 aromatic heterocycles. The van der Waals surface area contributed by atoms with Crippen molar-refractivity contribution in [3.63, 3.8) is 0 Å². The molecule has 12 heteroatoms. The summed E-state index contributed by atoms with van der Waals surface area (Å²) in [6, 6.07) is 7.56. The molecule has 1 aromatic carbocycles. The number of hydrogen-bond acceptors (Lipinski definition) is 6. The molecule has 0 aliphatic carbocycles. The van der Waals surface area contributed by atoms with Crippen molar-refractivity contribution >= 4 is 44.8 Å². The van der Waals surface area contributed by atoms with E-state index in [0.717, 1.165) is 4.88 Å². The summed E-state index contributed by atoms with van der Waals surface area (Å²) in [6.45, 7) is 1.92. The molecule has 8 nitrogen and oxygen atoms in total. The fraction of sp³-hybridized carbons (Fsp3) is 0.478. The molecule has 4 rings (SSSR count). The predicted molar refractivity (Wildman–Crippen MR) is 131 cm³/mol. The van der Waals surface area contributed by atoms with Crippen LogP contribution in [0.5, 0.6) is 0 Å². The Labute approximate surface area is 213 Å². The molecule has 0 spiro atoms. The highest BCUT2D eigenvalue weighted by molar-refractivity contribution is 7.89. The Morgan fingerprint density at radius 3 is 2.54 bits per heavy atom. The van der Waals surface area contributed by atoms with Crippen molar-refractivity contribution in [3.05, 3.63) is 57.0 Å². The highest BCUT2D eigenvalue weighted by Crippen LogP contribution is 2.23. The van der Waals surface area contributed by atoms with Crippen molar-refractivity contribution in [1.29, 1.82) is 0 Å². The molecule has 2 saturated heterocycles. The number of rotatable bonds is 9. The second-order valence-electron chi connectivity index (χ2n) is 8.55. The van der Waals surface area contributed by atoms with Crippen LogP contribution in [0.4, 0.5) is 4.39 Å². The number of nitrogens with zero attached hydrogens (tertiary/aromatic N) is 2. The Morgan fingerprint density at radius 2 is 1.89 bits per heavy atom. The molecular formula is C23H27ClFN3O5S2. The van der Waals surface area contributed by atoms with Crippen LogP contribution >= 0.6 is 22.9 Å². The van der Waals surface area contributed by atoms with E-state index in [1.165, 1.54) is 28.4 Å². The molecule has 0 saturated carbocycles. The third-order valence-corrected chi connectivity index (χ3v) is 8.81. The molecule has 2 aromatic rings. The first-order chi connectivity index (χ1) is 16.7. The van der Waals surface area contributed by atoms with Crippen LogP contribution in [0, 0.1) is 5.82 Å². The van der Waals surface area contributed by atoms with Gasteiger partial charge < -0.3 is 14.5 Å². The van der Waals surface area contributed by atoms with E-state index in [2.05, 4.69) is 4.72 Å². The number of hydrogen-bond donors (Lipinski definition) is 1. The number of halogens is 2. The number of thiophene rings is 1. The van der Waals surface area contributed by atoms with E-state index in [1.807, 2.05) is 0 Å². The first kappa shape index (κ1) is 26.0. The van der Waals surface area contributed by atoms with Crippen LogP contribution in [0.2, 0.25) is 4.34 Å². The Morgan fingerprint density at radius 1 is 1.17 bits per heavy atom. The maximum Gasteiger partial charge on any atom is 0.245 e. The quantitative estimate of drug-likeness (QED) is 0.522. The zero-order valence-electron chi connectivity index (χ0n) is 19.0. The van der Waals surface area contributed by atoms with Crippen LogP contribution in [0.15, 0.2) is 36.4 Å². The van der Waals surface area contributed by atoms with Crippen molar-refractivity contribution < 1.29 is 27.1 Å². The Balaban J connectivity index is 1.45. The van der Waals surface area contributed by atoms with Gasteiger partial charge in [-0.25, -0.2) is 17.5 Å². The van der Waals surface area contributed by atoms with Gasteiger partial charge in [-0.2, -0.15) is 0 Å². The molecule has 2 amide bonds. The number of benzene rings is 1. The van der Waals surface area contributed by atoms with Gasteiger partial charge in [0.25, 0.3) is 0 Å². The number of morpholine rings is 1. The number of amides is 2. The topological polar surface area (TPSA) is 96.0 Å². The van der Waals surface area contributed by atoms with E-state index in [0.29, 0.717) is 42.6 Å². The minimum absolute atomic E-state index is 0.167. The van der Waals surface area contributed by atoms with Crippen LogP contribution in [-0.2, 0) is 37.2 Å². The van der Waals surface area contributed by atoms with Gasteiger partial charge in [0.1, 0.15) is 17.9 Å². The molecule has 2 aliphatic heterocycles. The van der Waals surface area contributed by atoms with E-state index < -0.39 is 28.0 Å². The first-order valence-electron chi connectivity index (χ1n) is 11.4. The van der Waals surface area contributed by atoms with Gasteiger partial charge in [-0.3, -0.25) is 9.59 Å². The largest absolute Gasteiger partial charge is 0.378 e. The first-order valence-corrected chi connectivity index (χ1v) is 14.2. The molecule has 0 unspecified atom stereocenters. The molecule has 2 aliphatic rings. The van der Waals surface area contributed by atoms with Crippen molar-refractivity contribution in [2.75, 3.05) is 38.6 Å². The number of aryl methyl sites for hydroxylation is 1. The Hall–Kier alpha value is -2.05. The van der Waals surface area contributed by atoms with Crippen LogP contribution in [0.3, 0.4) is 0 Å². The van der Waals surface area contributed by atoms with Gasteiger partial charge in [-0.15, -0.1) is 11.3 Å². The molecule has 0 bridgehead atoms. The predicted octanol–water partition coefficient (Wildman–Crippen LogP) is 2.07. The number of sulfonamides is 1. The summed E-state index contributed by atoms with van der Waals surface area (Å²) in [7, 11) is -3.73. The fourth-order valence-corrected chi connectivity index (χ4v) is 6.76. The summed E-state index contributed by atoms with van der Waals surface area (Å²) < 4.78 is 47.1. The van der Waals surface area contributed by atoms with Crippen molar-refractivity contribution in [1.82, 2.24) is 14.5 Å². The SMILES string of the molecule is O=C([C@H](Cc1ccc(F)cc1)N1CC[C@H](NS(=O)(=O)CCc2ccc(Cl)s2)C1=O)N1CCOCC1. The van der Waals surface area contributed by atoms with Gasteiger partial charge >= 0.3 is 0 Å². The Kier molecular flexibility index (Phi) is 8.43. The van der Waals surface area contributed by atoms with Crippen molar-refractivity contribution in [2.24, 2.45) is 0 Å². The average Bonchev–Trinajstić information content (AvgIpc) is 3.42. The molecule has 2 fully saturated rings. The van der Waals surface area contributed by atoms with E-state index in [4.69, 9.17) is 16.3 Å². The molecule has 0 radical (unpaired) electrons. The minimum atomic E-state index is -3.73. The summed E-state index contributed by atoms with van der Waals surface area (Å²) in [5, 5.41) is 0. The lowest BCUT2D eigenvalue weighted by Gasteiger charge is -2.34. The third-order valence-electron chi connectivity index (χ3n) is 6.13. The second-order valence-corrected chi connectivity index (χ2v) is 12.2. The van der Waals surface area contributed by atoms with Crippen LogP contribution in [-0.4, -0.2) is 80.7 Å². The Bertz CT molecular complexity index is 1150. The molecule has 1 N–H and O–H groups in total. The lowest BCUT2D eigenvalue weighted by Crippen LogP contribution is -2.54. The van der Waals surface area contributed by atoms with Crippen molar-refractivity contribution in [2.45, 2.75) is 31.3 Å². The molecule has 190 valence electrons. The smallest absolute Gasteiger partial charge is 0.245 e. The lowest BCUT2D eigenvalue weighted by atomic mass is 10.0. The standard InChI is InChI=1S/C23H27ClFN3O5S2/c24-21-6-5-18(34-21)8-14-35(31,32)26-19-7-9-28(22(19)29)20(15-16-1-3-17(25)4-2-16)23(30)27-10-12-33-13-11-27/h1-6,19-20,26H,7-15H2/t19-,20-/m0/s1. The normalized spacial score (nSPS) is 19.8. The zero-order chi connectivity index (χ0) is 25.0. The van der Waals surface area contributed by atoms with Crippen LogP contribution in [0.25, 0.3) is 0 Å². The highest BCUT2D eigenvalue weighted by Gasteiger charge is 2.41. The molecule has 3 heterocycles. The minimum Gasteiger partial charge on any atom is -0.378 e. The third kappa shape index (κ3) is 6.79. The number of likely N-dealkylation sites (tertiary alicyclic amines) is 1. The van der Waals surface area contributed by atoms with Gasteiger partial charge in [0.05, 0.1) is 23.3 Å². The molecule has 35 heavy (non-hydrogen) atoms. The monoisotopic (exact) mass is 543 g/mol. The van der Waals surface area contributed by atoms with Crippen molar-refractivity contribution in [3.8, 4) is 0 Å². The summed E-state index contributed by atoms with van der Waals surface area (Å²) in [6.07, 6.45) is 0.764. The summed E-state index contributed by atoms with van der Waals surface area (Å²) >= 11 is 7.22. The van der Waals surface area contributed by atoms with Gasteiger partial charge in [-0.05, 0) is 42.7 Å². The molecule has 2 atom stereocenters. The number of ether oxygens (including phenoxy) is 1. The second kappa shape index (κ2) is 11.3. The summed E-state index contributed by atoms with van der Waals surface area (Å²) in [5.74, 6) is -1.20. The zero-order valence-corrected chi connectivity index (χ0v) is 21.4. The lowest BCUT2D eigenvalue weighted by molar-refractivity contribution is -0.146. The average molecular weight is 544 g/mol. The highest BCUT2D eigenvalue weighted by atomic mass is 35.5. The van der Waals surface area contributed by atoms with Gasteiger partial charge in [0.2, 0.25) is 21.8 Å². The summed E-state index contributed by atoms with van der Waals surface area (Å²) in [5.41, 5.74) is 0.712. The van der Waals surface area contributed by atoms with E-state index >= 15 is 0 Å². The summed E-state index contributed by atoms with van der Waals surface area (Å²) in [4.78, 5) is 30.6. The van der Waals surface area contributed by atoms with Gasteiger partial charge in [0, 0.05) is 30.9 Å².